The smallest absolute Gasteiger partial charge is 0.280 e. The van der Waals surface area contributed by atoms with E-state index >= 15 is 0 Å². The van der Waals surface area contributed by atoms with Gasteiger partial charge in [0.25, 0.3) is 5.91 Å². The first-order valence-electron chi connectivity index (χ1n) is 9.87. The zero-order valence-corrected chi connectivity index (χ0v) is 18.7. The van der Waals surface area contributed by atoms with E-state index in [0.717, 1.165) is 29.5 Å². The topological polar surface area (TPSA) is 68.5 Å². The number of unbranched alkanes of at least 4 members (excludes halogenated alkanes) is 1. The first kappa shape index (κ1) is 22.0. The molecule has 7 heteroatoms. The number of fused-ring (bicyclic) bond motifs is 1. The Morgan fingerprint density at radius 1 is 1.20 bits per heavy atom. The molecule has 1 heterocycles. The molecule has 0 radical (unpaired) electrons. The first-order chi connectivity index (χ1) is 14.4. The number of rotatable bonds is 7. The Kier molecular flexibility index (Phi) is 6.91. The van der Waals surface area contributed by atoms with E-state index in [1.807, 2.05) is 10.6 Å². The van der Waals surface area contributed by atoms with Crippen LogP contribution in [0.5, 0.6) is 0 Å². The lowest BCUT2D eigenvalue weighted by molar-refractivity contribution is 0.0994. The number of sulfone groups is 1. The van der Waals surface area contributed by atoms with E-state index in [-0.39, 0.29) is 22.8 Å². The summed E-state index contributed by atoms with van der Waals surface area (Å²) >= 11 is 1.38. The van der Waals surface area contributed by atoms with Crippen molar-refractivity contribution < 1.29 is 13.2 Å². The Balaban J connectivity index is 2.13. The zero-order valence-electron chi connectivity index (χ0n) is 17.1. The molecule has 5 nitrogen and oxygen atoms in total. The minimum atomic E-state index is -3.54. The lowest BCUT2D eigenvalue weighted by Crippen LogP contribution is -2.17. The van der Waals surface area contributed by atoms with Gasteiger partial charge in [0.15, 0.2) is 14.6 Å². The van der Waals surface area contributed by atoms with Crippen molar-refractivity contribution in [1.29, 1.82) is 0 Å². The average molecular weight is 441 g/mol. The van der Waals surface area contributed by atoms with Crippen molar-refractivity contribution in [1.82, 2.24) is 4.57 Å². The monoisotopic (exact) mass is 440 g/mol. The number of hydrogen-bond acceptors (Lipinski definition) is 4. The third-order valence-corrected chi connectivity index (χ3v) is 7.67. The molecule has 0 fully saturated rings. The summed E-state index contributed by atoms with van der Waals surface area (Å²) in [6.45, 7) is 3.98. The fourth-order valence-corrected chi connectivity index (χ4v) is 5.38. The molecule has 0 aliphatic rings. The highest BCUT2D eigenvalue weighted by molar-refractivity contribution is 7.91. The van der Waals surface area contributed by atoms with Crippen LogP contribution in [0, 0.1) is 12.3 Å². The van der Waals surface area contributed by atoms with Crippen molar-refractivity contribution in [2.75, 3.05) is 5.75 Å². The van der Waals surface area contributed by atoms with Crippen LogP contribution in [0.3, 0.4) is 0 Å². The van der Waals surface area contributed by atoms with E-state index in [0.29, 0.717) is 4.80 Å². The van der Waals surface area contributed by atoms with Gasteiger partial charge in [-0.3, -0.25) is 4.79 Å². The van der Waals surface area contributed by atoms with Gasteiger partial charge in [-0.05, 0) is 42.7 Å². The summed E-state index contributed by atoms with van der Waals surface area (Å²) in [7, 11) is -3.54. The molecule has 0 spiro atoms. The molecular weight excluding hydrogens is 416 g/mol. The van der Waals surface area contributed by atoms with Crippen LogP contribution in [0.15, 0.2) is 52.4 Å². The molecule has 0 saturated heterocycles. The third kappa shape index (κ3) is 4.55. The highest BCUT2D eigenvalue weighted by atomic mass is 32.2. The van der Waals surface area contributed by atoms with Crippen molar-refractivity contribution >= 4 is 37.3 Å². The number of terminal acetylenes is 1. The van der Waals surface area contributed by atoms with Crippen molar-refractivity contribution in [3.63, 3.8) is 0 Å². The van der Waals surface area contributed by atoms with Gasteiger partial charge in [-0.25, -0.2) is 8.42 Å². The van der Waals surface area contributed by atoms with E-state index in [1.165, 1.54) is 29.0 Å². The van der Waals surface area contributed by atoms with Gasteiger partial charge in [-0.1, -0.05) is 55.7 Å². The van der Waals surface area contributed by atoms with Gasteiger partial charge in [0.2, 0.25) is 0 Å². The predicted octanol–water partition coefficient (Wildman–Crippen LogP) is 4.21. The van der Waals surface area contributed by atoms with E-state index < -0.39 is 15.7 Å². The fourth-order valence-electron chi connectivity index (χ4n) is 3.20. The van der Waals surface area contributed by atoms with Gasteiger partial charge < -0.3 is 4.57 Å². The molecule has 0 N–H and O–H groups in total. The quantitative estimate of drug-likeness (QED) is 0.517. The summed E-state index contributed by atoms with van der Waals surface area (Å²) in [5, 5.41) is 0. The normalized spacial score (nSPS) is 12.2. The largest absolute Gasteiger partial charge is 0.305 e. The molecule has 1 amide bonds. The molecule has 0 atom stereocenters. The second kappa shape index (κ2) is 9.41. The van der Waals surface area contributed by atoms with Gasteiger partial charge in [-0.15, -0.1) is 6.42 Å². The molecule has 1 aromatic heterocycles. The van der Waals surface area contributed by atoms with Gasteiger partial charge in [0, 0.05) is 0 Å². The fraction of sp³-hybridized carbons (Fsp3) is 0.304. The third-order valence-electron chi connectivity index (χ3n) is 4.85. The average Bonchev–Trinajstić information content (AvgIpc) is 3.08. The van der Waals surface area contributed by atoms with E-state index in [4.69, 9.17) is 6.42 Å². The minimum absolute atomic E-state index is 0.00714. The standard InChI is InChI=1S/C23H24N2O3S2/c1-4-7-10-17-13-14-19-20(16-17)29-23(25(19)15-5-2)24-22(26)18-11-8-9-12-21(18)30(27,28)6-3/h2,8-9,11-14,16H,4,6-7,10,15H2,1,3H3. The van der Waals surface area contributed by atoms with E-state index in [1.54, 1.807) is 19.1 Å². The molecule has 0 unspecified atom stereocenters. The van der Waals surface area contributed by atoms with Crippen LogP contribution in [0.2, 0.25) is 0 Å². The number of carbonyl (C=O) groups excluding carboxylic acids is 1. The SMILES string of the molecule is C#CCn1c(=NC(=O)c2ccccc2S(=O)(=O)CC)sc2cc(CCCC)ccc21. The minimum Gasteiger partial charge on any atom is -0.305 e. The summed E-state index contributed by atoms with van der Waals surface area (Å²) in [5.41, 5.74) is 2.22. The van der Waals surface area contributed by atoms with Crippen molar-refractivity contribution in [3.05, 3.63) is 58.4 Å². The Hall–Kier alpha value is -2.69. The molecule has 3 rings (SSSR count). The molecule has 156 valence electrons. The number of nitrogens with zero attached hydrogens (tertiary/aromatic N) is 2. The molecule has 0 aliphatic carbocycles. The lowest BCUT2D eigenvalue weighted by atomic mass is 10.1. The first-order valence-corrected chi connectivity index (χ1v) is 12.3. The van der Waals surface area contributed by atoms with Crippen molar-refractivity contribution in [2.24, 2.45) is 4.99 Å². The van der Waals surface area contributed by atoms with Crippen LogP contribution >= 0.6 is 11.3 Å². The Labute approximate surface area is 181 Å². The highest BCUT2D eigenvalue weighted by Gasteiger charge is 2.20. The maximum Gasteiger partial charge on any atom is 0.280 e. The molecular formula is C23H24N2O3S2. The van der Waals surface area contributed by atoms with E-state index in [2.05, 4.69) is 30.0 Å². The van der Waals surface area contributed by atoms with Crippen molar-refractivity contribution in [3.8, 4) is 12.3 Å². The highest BCUT2D eigenvalue weighted by Crippen LogP contribution is 2.21. The summed E-state index contributed by atoms with van der Waals surface area (Å²) in [5.74, 6) is 1.93. The number of aryl methyl sites for hydroxylation is 1. The number of benzene rings is 2. The van der Waals surface area contributed by atoms with E-state index in [9.17, 15) is 13.2 Å². The second-order valence-electron chi connectivity index (χ2n) is 6.90. The number of hydrogen-bond donors (Lipinski definition) is 0. The molecule has 30 heavy (non-hydrogen) atoms. The van der Waals surface area contributed by atoms with Crippen LogP contribution in [-0.4, -0.2) is 24.6 Å². The van der Waals surface area contributed by atoms with Gasteiger partial charge >= 0.3 is 0 Å². The van der Waals surface area contributed by atoms with Crippen molar-refractivity contribution in [2.45, 2.75) is 44.6 Å². The maximum absolute atomic E-state index is 12.9. The van der Waals surface area contributed by atoms with Crippen LogP contribution in [-0.2, 0) is 22.8 Å². The van der Waals surface area contributed by atoms with Gasteiger partial charge in [0.1, 0.15) is 0 Å². The summed E-state index contributed by atoms with van der Waals surface area (Å²) in [6.07, 6.45) is 8.77. The number of thiazole rings is 1. The number of aromatic nitrogens is 1. The Morgan fingerprint density at radius 2 is 1.97 bits per heavy atom. The van der Waals surface area contributed by atoms with Gasteiger partial charge in [0.05, 0.1) is 33.0 Å². The van der Waals surface area contributed by atoms with Crippen LogP contribution in [0.4, 0.5) is 0 Å². The predicted molar refractivity (Wildman–Crippen MR) is 121 cm³/mol. The van der Waals surface area contributed by atoms with Crippen LogP contribution in [0.25, 0.3) is 10.2 Å². The molecule has 2 aromatic carbocycles. The molecule has 0 bridgehead atoms. The lowest BCUT2D eigenvalue weighted by Gasteiger charge is -2.06. The maximum atomic E-state index is 12.9. The molecule has 3 aromatic rings. The number of carbonyl (C=O) groups is 1. The van der Waals surface area contributed by atoms with Crippen LogP contribution < -0.4 is 4.80 Å². The summed E-state index contributed by atoms with van der Waals surface area (Å²) in [4.78, 5) is 17.7. The Bertz CT molecular complexity index is 1290. The Morgan fingerprint density at radius 3 is 2.67 bits per heavy atom. The number of amides is 1. The molecule has 0 saturated carbocycles. The molecule has 0 aliphatic heterocycles. The zero-order chi connectivity index (χ0) is 21.7. The summed E-state index contributed by atoms with van der Waals surface area (Å²) < 4.78 is 27.6. The second-order valence-corrected chi connectivity index (χ2v) is 10.2. The van der Waals surface area contributed by atoms with Gasteiger partial charge in [-0.2, -0.15) is 4.99 Å². The van der Waals surface area contributed by atoms with Crippen LogP contribution in [0.1, 0.15) is 42.6 Å². The summed E-state index contributed by atoms with van der Waals surface area (Å²) in [6, 6.07) is 12.4.